The normalized spacial score (nSPS) is 25.3. The molecule has 0 amide bonds. The number of nitrogens with zero attached hydrogens (tertiary/aromatic N) is 2. The highest BCUT2D eigenvalue weighted by atomic mass is 15.2. The molecule has 0 saturated carbocycles. The van der Waals surface area contributed by atoms with Gasteiger partial charge in [-0.2, -0.15) is 0 Å². The van der Waals surface area contributed by atoms with Crippen molar-refractivity contribution in [1.29, 1.82) is 0 Å². The molecule has 3 heteroatoms. The molecular formula is C11H25N3. The van der Waals surface area contributed by atoms with Crippen LogP contribution in [0.5, 0.6) is 0 Å². The van der Waals surface area contributed by atoms with Crippen molar-refractivity contribution in [2.75, 3.05) is 46.8 Å². The Labute approximate surface area is 88.5 Å². The van der Waals surface area contributed by atoms with Gasteiger partial charge in [-0.15, -0.1) is 0 Å². The van der Waals surface area contributed by atoms with E-state index < -0.39 is 0 Å². The largest absolute Gasteiger partial charge is 0.313 e. The van der Waals surface area contributed by atoms with Crippen molar-refractivity contribution in [3.8, 4) is 0 Å². The lowest BCUT2D eigenvalue weighted by molar-refractivity contribution is 0.268. The number of nitrogens with one attached hydrogen (secondary N) is 1. The van der Waals surface area contributed by atoms with E-state index in [2.05, 4.69) is 36.1 Å². The SMILES string of the molecule is CC1CCN(CCCN(C)C)CCN1. The third kappa shape index (κ3) is 4.94. The van der Waals surface area contributed by atoms with E-state index in [4.69, 9.17) is 0 Å². The first-order chi connectivity index (χ1) is 6.68. The lowest BCUT2D eigenvalue weighted by Gasteiger charge is -2.20. The molecule has 0 aromatic heterocycles. The minimum Gasteiger partial charge on any atom is -0.313 e. The van der Waals surface area contributed by atoms with E-state index in [1.807, 2.05) is 0 Å². The topological polar surface area (TPSA) is 18.5 Å². The van der Waals surface area contributed by atoms with Crippen LogP contribution in [0.1, 0.15) is 19.8 Å². The predicted octanol–water partition coefficient (Wildman–Crippen LogP) is 0.622. The molecular weight excluding hydrogens is 174 g/mol. The number of hydrogen-bond acceptors (Lipinski definition) is 3. The van der Waals surface area contributed by atoms with Gasteiger partial charge in [0, 0.05) is 19.1 Å². The first-order valence-electron chi connectivity index (χ1n) is 5.79. The zero-order valence-corrected chi connectivity index (χ0v) is 9.92. The van der Waals surface area contributed by atoms with E-state index in [-0.39, 0.29) is 0 Å². The molecule has 1 fully saturated rings. The molecule has 84 valence electrons. The lowest BCUT2D eigenvalue weighted by atomic mass is 10.2. The van der Waals surface area contributed by atoms with Crippen LogP contribution in [0.3, 0.4) is 0 Å². The molecule has 1 rings (SSSR count). The molecule has 1 aliphatic heterocycles. The predicted molar refractivity (Wildman–Crippen MR) is 61.7 cm³/mol. The van der Waals surface area contributed by atoms with Crippen LogP contribution in [0.4, 0.5) is 0 Å². The van der Waals surface area contributed by atoms with Crippen LogP contribution in [0.2, 0.25) is 0 Å². The highest BCUT2D eigenvalue weighted by molar-refractivity contribution is 4.71. The minimum atomic E-state index is 0.703. The van der Waals surface area contributed by atoms with E-state index in [0.717, 1.165) is 6.54 Å². The maximum Gasteiger partial charge on any atom is 0.0107 e. The Hall–Kier alpha value is -0.120. The monoisotopic (exact) mass is 199 g/mol. The molecule has 1 aliphatic rings. The fourth-order valence-corrected chi connectivity index (χ4v) is 1.89. The summed E-state index contributed by atoms with van der Waals surface area (Å²) in [5, 5.41) is 3.52. The number of hydrogen-bond donors (Lipinski definition) is 1. The van der Waals surface area contributed by atoms with Crippen molar-refractivity contribution >= 4 is 0 Å². The maximum absolute atomic E-state index is 3.52. The first-order valence-corrected chi connectivity index (χ1v) is 5.79. The Morgan fingerprint density at radius 3 is 2.86 bits per heavy atom. The average Bonchev–Trinajstić information content (AvgIpc) is 2.30. The van der Waals surface area contributed by atoms with Crippen LogP contribution >= 0.6 is 0 Å². The van der Waals surface area contributed by atoms with E-state index in [0.29, 0.717) is 6.04 Å². The van der Waals surface area contributed by atoms with Gasteiger partial charge in [0.15, 0.2) is 0 Å². The summed E-state index contributed by atoms with van der Waals surface area (Å²) >= 11 is 0. The molecule has 0 spiro atoms. The summed E-state index contributed by atoms with van der Waals surface area (Å²) in [6.07, 6.45) is 2.59. The summed E-state index contributed by atoms with van der Waals surface area (Å²) in [7, 11) is 4.29. The molecule has 0 radical (unpaired) electrons. The van der Waals surface area contributed by atoms with Gasteiger partial charge >= 0.3 is 0 Å². The van der Waals surface area contributed by atoms with Gasteiger partial charge in [0.05, 0.1) is 0 Å². The van der Waals surface area contributed by atoms with Gasteiger partial charge in [0.2, 0.25) is 0 Å². The Morgan fingerprint density at radius 2 is 2.14 bits per heavy atom. The first kappa shape index (κ1) is 12.0. The molecule has 1 unspecified atom stereocenters. The van der Waals surface area contributed by atoms with Crippen LogP contribution in [0, 0.1) is 0 Å². The Bertz CT molecular complexity index is 147. The van der Waals surface area contributed by atoms with Crippen LogP contribution in [-0.2, 0) is 0 Å². The molecule has 0 aliphatic carbocycles. The molecule has 0 aromatic carbocycles. The highest BCUT2D eigenvalue weighted by Gasteiger charge is 2.11. The summed E-state index contributed by atoms with van der Waals surface area (Å²) in [5.41, 5.74) is 0. The maximum atomic E-state index is 3.52. The van der Waals surface area contributed by atoms with Crippen molar-refractivity contribution in [1.82, 2.24) is 15.1 Å². The lowest BCUT2D eigenvalue weighted by Crippen LogP contribution is -2.31. The smallest absolute Gasteiger partial charge is 0.0107 e. The second kappa shape index (κ2) is 6.38. The Morgan fingerprint density at radius 1 is 1.36 bits per heavy atom. The Kier molecular flexibility index (Phi) is 5.45. The molecule has 0 bridgehead atoms. The van der Waals surface area contributed by atoms with Gasteiger partial charge in [0.25, 0.3) is 0 Å². The summed E-state index contributed by atoms with van der Waals surface area (Å²) < 4.78 is 0. The summed E-state index contributed by atoms with van der Waals surface area (Å²) in [4.78, 5) is 4.85. The van der Waals surface area contributed by atoms with Gasteiger partial charge in [-0.25, -0.2) is 0 Å². The van der Waals surface area contributed by atoms with Gasteiger partial charge in [0.1, 0.15) is 0 Å². The zero-order valence-electron chi connectivity index (χ0n) is 9.92. The second-order valence-electron chi connectivity index (χ2n) is 4.64. The van der Waals surface area contributed by atoms with Crippen LogP contribution in [0.25, 0.3) is 0 Å². The third-order valence-corrected chi connectivity index (χ3v) is 2.88. The van der Waals surface area contributed by atoms with Gasteiger partial charge in [-0.3, -0.25) is 0 Å². The van der Waals surface area contributed by atoms with Crippen molar-refractivity contribution in [3.05, 3.63) is 0 Å². The van der Waals surface area contributed by atoms with Crippen molar-refractivity contribution in [2.24, 2.45) is 0 Å². The minimum absolute atomic E-state index is 0.703. The highest BCUT2D eigenvalue weighted by Crippen LogP contribution is 2.01. The molecule has 1 N–H and O–H groups in total. The molecule has 3 nitrogen and oxygen atoms in total. The quantitative estimate of drug-likeness (QED) is 0.716. The summed E-state index contributed by atoms with van der Waals surface area (Å²) in [6.45, 7) is 8.39. The van der Waals surface area contributed by atoms with E-state index in [1.165, 1.54) is 39.0 Å². The number of rotatable bonds is 4. The van der Waals surface area contributed by atoms with Crippen LogP contribution in [-0.4, -0.2) is 62.7 Å². The standard InChI is InChI=1S/C11H25N3/c1-11-5-9-14(10-6-12-11)8-4-7-13(2)3/h11-12H,4-10H2,1-3H3. The second-order valence-corrected chi connectivity index (χ2v) is 4.64. The van der Waals surface area contributed by atoms with Crippen LogP contribution in [0.15, 0.2) is 0 Å². The van der Waals surface area contributed by atoms with Gasteiger partial charge in [-0.1, -0.05) is 0 Å². The average molecular weight is 199 g/mol. The molecule has 14 heavy (non-hydrogen) atoms. The van der Waals surface area contributed by atoms with Crippen LogP contribution < -0.4 is 5.32 Å². The molecule has 0 aromatic rings. The Balaban J connectivity index is 2.11. The van der Waals surface area contributed by atoms with E-state index in [1.54, 1.807) is 0 Å². The summed E-state index contributed by atoms with van der Waals surface area (Å²) in [5.74, 6) is 0. The van der Waals surface area contributed by atoms with Crippen molar-refractivity contribution < 1.29 is 0 Å². The fraction of sp³-hybridized carbons (Fsp3) is 1.00. The third-order valence-electron chi connectivity index (χ3n) is 2.88. The van der Waals surface area contributed by atoms with Gasteiger partial charge < -0.3 is 15.1 Å². The van der Waals surface area contributed by atoms with E-state index in [9.17, 15) is 0 Å². The molecule has 1 saturated heterocycles. The fourth-order valence-electron chi connectivity index (χ4n) is 1.89. The molecule has 1 heterocycles. The van der Waals surface area contributed by atoms with Crippen molar-refractivity contribution in [2.45, 2.75) is 25.8 Å². The van der Waals surface area contributed by atoms with E-state index >= 15 is 0 Å². The van der Waals surface area contributed by atoms with Gasteiger partial charge in [-0.05, 0) is 53.5 Å². The zero-order chi connectivity index (χ0) is 10.4. The summed E-state index contributed by atoms with van der Waals surface area (Å²) in [6, 6.07) is 0.703. The molecule has 1 atom stereocenters. The van der Waals surface area contributed by atoms with Crippen molar-refractivity contribution in [3.63, 3.8) is 0 Å².